The molecule has 3 N–H and O–H groups in total. The van der Waals surface area contributed by atoms with Gasteiger partial charge < -0.3 is 15.8 Å². The standard InChI is InChI=1S/C15H25N3O2/c1-11(2)7-8-18(3)10-15(19)17-13-9-12(16)5-6-14(13)20-4/h5-6,9,11H,7-8,10,16H2,1-4H3,(H,17,19). The number of hydrogen-bond donors (Lipinski definition) is 2. The fraction of sp³-hybridized carbons (Fsp3) is 0.533. The Morgan fingerprint density at radius 3 is 2.75 bits per heavy atom. The van der Waals surface area contributed by atoms with E-state index in [1.54, 1.807) is 25.3 Å². The average molecular weight is 279 g/mol. The van der Waals surface area contributed by atoms with Gasteiger partial charge in [0.2, 0.25) is 5.91 Å². The highest BCUT2D eigenvalue weighted by molar-refractivity contribution is 5.94. The first-order valence-electron chi connectivity index (χ1n) is 6.84. The largest absolute Gasteiger partial charge is 0.495 e. The summed E-state index contributed by atoms with van der Waals surface area (Å²) in [6, 6.07) is 5.18. The van der Waals surface area contributed by atoms with Gasteiger partial charge in [0, 0.05) is 5.69 Å². The molecule has 0 bridgehead atoms. The molecule has 20 heavy (non-hydrogen) atoms. The van der Waals surface area contributed by atoms with Crippen LogP contribution in [0.5, 0.6) is 5.75 Å². The number of carbonyl (C=O) groups is 1. The van der Waals surface area contributed by atoms with Crippen LogP contribution in [0, 0.1) is 5.92 Å². The van der Waals surface area contributed by atoms with E-state index >= 15 is 0 Å². The van der Waals surface area contributed by atoms with E-state index in [0.29, 0.717) is 29.6 Å². The predicted molar refractivity (Wildman–Crippen MR) is 83.0 cm³/mol. The number of ether oxygens (including phenoxy) is 1. The van der Waals surface area contributed by atoms with Gasteiger partial charge in [0.25, 0.3) is 0 Å². The van der Waals surface area contributed by atoms with E-state index in [1.165, 1.54) is 0 Å². The van der Waals surface area contributed by atoms with Gasteiger partial charge in [-0.05, 0) is 44.1 Å². The van der Waals surface area contributed by atoms with Crippen molar-refractivity contribution in [2.45, 2.75) is 20.3 Å². The van der Waals surface area contributed by atoms with Crippen LogP contribution in [0.15, 0.2) is 18.2 Å². The average Bonchev–Trinajstić information content (AvgIpc) is 2.36. The minimum atomic E-state index is -0.0693. The molecule has 0 aliphatic heterocycles. The summed E-state index contributed by atoms with van der Waals surface area (Å²) in [4.78, 5) is 14.0. The monoisotopic (exact) mass is 279 g/mol. The van der Waals surface area contributed by atoms with Crippen molar-refractivity contribution in [2.75, 3.05) is 38.3 Å². The minimum Gasteiger partial charge on any atom is -0.495 e. The first-order valence-corrected chi connectivity index (χ1v) is 6.84. The maximum Gasteiger partial charge on any atom is 0.238 e. The van der Waals surface area contributed by atoms with Crippen LogP contribution in [0.25, 0.3) is 0 Å². The summed E-state index contributed by atoms with van der Waals surface area (Å²) in [5.41, 5.74) is 6.92. The van der Waals surface area contributed by atoms with Crippen LogP contribution in [0.4, 0.5) is 11.4 Å². The number of nitrogen functional groups attached to an aromatic ring is 1. The lowest BCUT2D eigenvalue weighted by atomic mass is 10.1. The van der Waals surface area contributed by atoms with Crippen molar-refractivity contribution in [1.82, 2.24) is 4.90 Å². The smallest absolute Gasteiger partial charge is 0.238 e. The van der Waals surface area contributed by atoms with Crippen molar-refractivity contribution in [1.29, 1.82) is 0 Å². The first kappa shape index (κ1) is 16.3. The van der Waals surface area contributed by atoms with E-state index in [-0.39, 0.29) is 5.91 Å². The molecule has 0 aliphatic rings. The second kappa shape index (κ2) is 7.75. The molecule has 0 aliphatic carbocycles. The predicted octanol–water partition coefficient (Wildman–Crippen LogP) is 2.19. The van der Waals surface area contributed by atoms with E-state index in [2.05, 4.69) is 19.2 Å². The number of nitrogens with two attached hydrogens (primary N) is 1. The van der Waals surface area contributed by atoms with Crippen molar-refractivity contribution in [3.05, 3.63) is 18.2 Å². The molecule has 1 aromatic carbocycles. The van der Waals surface area contributed by atoms with Gasteiger partial charge in [-0.25, -0.2) is 0 Å². The Hall–Kier alpha value is -1.75. The number of anilines is 2. The third-order valence-electron chi connectivity index (χ3n) is 3.00. The highest BCUT2D eigenvalue weighted by atomic mass is 16.5. The second-order valence-electron chi connectivity index (χ2n) is 5.43. The highest BCUT2D eigenvalue weighted by Crippen LogP contribution is 2.26. The molecule has 5 nitrogen and oxygen atoms in total. The lowest BCUT2D eigenvalue weighted by Gasteiger charge is -2.18. The molecule has 0 radical (unpaired) electrons. The van der Waals surface area contributed by atoms with Gasteiger partial charge in [-0.15, -0.1) is 0 Å². The lowest BCUT2D eigenvalue weighted by molar-refractivity contribution is -0.117. The van der Waals surface area contributed by atoms with Crippen molar-refractivity contribution < 1.29 is 9.53 Å². The van der Waals surface area contributed by atoms with Crippen molar-refractivity contribution in [3.8, 4) is 5.75 Å². The zero-order valence-corrected chi connectivity index (χ0v) is 12.8. The number of nitrogens with zero attached hydrogens (tertiary/aromatic N) is 1. The summed E-state index contributed by atoms with van der Waals surface area (Å²) in [6.45, 7) is 5.60. The molecule has 0 aromatic heterocycles. The van der Waals surface area contributed by atoms with Crippen LogP contribution in [-0.2, 0) is 4.79 Å². The zero-order chi connectivity index (χ0) is 15.1. The van der Waals surface area contributed by atoms with E-state index in [9.17, 15) is 4.79 Å². The van der Waals surface area contributed by atoms with Gasteiger partial charge >= 0.3 is 0 Å². The van der Waals surface area contributed by atoms with Gasteiger partial charge in [0.1, 0.15) is 5.75 Å². The quantitative estimate of drug-likeness (QED) is 0.751. The normalized spacial score (nSPS) is 10.9. The van der Waals surface area contributed by atoms with E-state index in [4.69, 9.17) is 10.5 Å². The molecular weight excluding hydrogens is 254 g/mol. The third kappa shape index (κ3) is 5.48. The Bertz CT molecular complexity index is 447. The van der Waals surface area contributed by atoms with E-state index in [1.807, 2.05) is 11.9 Å². The topological polar surface area (TPSA) is 67.6 Å². The van der Waals surface area contributed by atoms with Gasteiger partial charge in [-0.3, -0.25) is 9.69 Å². The molecule has 5 heteroatoms. The molecular formula is C15H25N3O2. The Labute approximate surface area is 121 Å². The van der Waals surface area contributed by atoms with Crippen LogP contribution in [-0.4, -0.2) is 38.1 Å². The Morgan fingerprint density at radius 1 is 1.45 bits per heavy atom. The number of carbonyl (C=O) groups excluding carboxylic acids is 1. The van der Waals surface area contributed by atoms with Crippen molar-refractivity contribution >= 4 is 17.3 Å². The molecule has 0 fully saturated rings. The molecule has 0 atom stereocenters. The van der Waals surface area contributed by atoms with Gasteiger partial charge in [-0.1, -0.05) is 13.8 Å². The third-order valence-corrected chi connectivity index (χ3v) is 3.00. The molecule has 0 heterocycles. The zero-order valence-electron chi connectivity index (χ0n) is 12.8. The Morgan fingerprint density at radius 2 is 2.15 bits per heavy atom. The number of nitrogens with one attached hydrogen (secondary N) is 1. The van der Waals surface area contributed by atoms with Gasteiger partial charge in [0.05, 0.1) is 19.3 Å². The highest BCUT2D eigenvalue weighted by Gasteiger charge is 2.10. The summed E-state index contributed by atoms with van der Waals surface area (Å²) in [6.07, 6.45) is 1.07. The SMILES string of the molecule is COc1ccc(N)cc1NC(=O)CN(C)CCC(C)C. The maximum absolute atomic E-state index is 12.0. The first-order chi connectivity index (χ1) is 9.42. The van der Waals surface area contributed by atoms with Crippen molar-refractivity contribution in [3.63, 3.8) is 0 Å². The molecule has 112 valence electrons. The Kier molecular flexibility index (Phi) is 6.31. The fourth-order valence-electron chi connectivity index (χ4n) is 1.82. The number of likely N-dealkylation sites (N-methyl/N-ethyl adjacent to an activating group) is 1. The summed E-state index contributed by atoms with van der Waals surface area (Å²) in [5.74, 6) is 1.17. The number of methoxy groups -OCH3 is 1. The minimum absolute atomic E-state index is 0.0693. The number of amides is 1. The molecule has 1 amide bonds. The molecule has 1 aromatic rings. The number of hydrogen-bond acceptors (Lipinski definition) is 4. The van der Waals surface area contributed by atoms with Crippen molar-refractivity contribution in [2.24, 2.45) is 5.92 Å². The number of benzene rings is 1. The summed E-state index contributed by atoms with van der Waals surface area (Å²) in [7, 11) is 3.51. The lowest BCUT2D eigenvalue weighted by Crippen LogP contribution is -2.31. The van der Waals surface area contributed by atoms with E-state index < -0.39 is 0 Å². The van der Waals surface area contributed by atoms with E-state index in [0.717, 1.165) is 13.0 Å². The second-order valence-corrected chi connectivity index (χ2v) is 5.43. The molecule has 0 saturated heterocycles. The molecule has 0 spiro atoms. The summed E-state index contributed by atoms with van der Waals surface area (Å²) >= 11 is 0. The van der Waals surface area contributed by atoms with Gasteiger partial charge in [-0.2, -0.15) is 0 Å². The molecule has 0 unspecified atom stereocenters. The summed E-state index contributed by atoms with van der Waals surface area (Å²) < 4.78 is 5.20. The van der Waals surface area contributed by atoms with Crippen LogP contribution >= 0.6 is 0 Å². The fourth-order valence-corrected chi connectivity index (χ4v) is 1.82. The maximum atomic E-state index is 12.0. The molecule has 1 rings (SSSR count). The van der Waals surface area contributed by atoms with Crippen LogP contribution in [0.3, 0.4) is 0 Å². The number of rotatable bonds is 7. The van der Waals surface area contributed by atoms with Gasteiger partial charge in [0.15, 0.2) is 0 Å². The van der Waals surface area contributed by atoms with Crippen LogP contribution in [0.2, 0.25) is 0 Å². The van der Waals surface area contributed by atoms with Crippen LogP contribution in [0.1, 0.15) is 20.3 Å². The molecule has 0 saturated carbocycles. The van der Waals surface area contributed by atoms with Crippen LogP contribution < -0.4 is 15.8 Å². The summed E-state index contributed by atoms with van der Waals surface area (Å²) in [5, 5.41) is 2.84. The Balaban J connectivity index is 2.55.